The average molecular weight is 345 g/mol. The fourth-order valence-corrected chi connectivity index (χ4v) is 2.99. The van der Waals surface area contributed by atoms with Crippen LogP contribution < -0.4 is 9.86 Å². The van der Waals surface area contributed by atoms with E-state index in [1.165, 1.54) is 57.8 Å². The Morgan fingerprint density at radius 2 is 1.39 bits per heavy atom. The van der Waals surface area contributed by atoms with Crippen LogP contribution in [0.5, 0.6) is 0 Å². The van der Waals surface area contributed by atoms with Crippen LogP contribution in [0.4, 0.5) is 0 Å². The van der Waals surface area contributed by atoms with Crippen LogP contribution in [0, 0.1) is 0 Å². The monoisotopic (exact) mass is 344 g/mol. The number of allylic oxidation sites excluding steroid dienone is 3. The van der Waals surface area contributed by atoms with E-state index in [0.29, 0.717) is 12.1 Å². The molecule has 0 amide bonds. The summed E-state index contributed by atoms with van der Waals surface area (Å²) in [5.74, 6) is 0. The Balaban J connectivity index is 3.29. The number of hydrogen-bond donors (Lipinski definition) is 2. The molecule has 0 atom stereocenters. The summed E-state index contributed by atoms with van der Waals surface area (Å²) >= 11 is 0. The molecule has 5 heteroatoms. The van der Waals surface area contributed by atoms with Crippen molar-refractivity contribution in [3.8, 4) is 0 Å². The molecule has 0 aromatic heterocycles. The summed E-state index contributed by atoms with van der Waals surface area (Å²) in [4.78, 5) is 0. The molecule has 0 aromatic rings. The zero-order valence-corrected chi connectivity index (χ0v) is 15.7. The first kappa shape index (κ1) is 22.2. The molecule has 0 aliphatic rings. The molecule has 0 aliphatic heterocycles. The molecule has 0 saturated carbocycles. The van der Waals surface area contributed by atoms with Crippen LogP contribution in [0.2, 0.25) is 0 Å². The molecule has 0 saturated heterocycles. The first-order valence-electron chi connectivity index (χ1n) is 9.09. The molecular formula is C18H36N2O2S. The Bertz CT molecular complexity index is 417. The Hall–Kier alpha value is -0.810. The van der Waals surface area contributed by atoms with Gasteiger partial charge in [-0.2, -0.15) is 8.42 Å². The molecular weight excluding hydrogens is 308 g/mol. The van der Waals surface area contributed by atoms with Gasteiger partial charge in [0.05, 0.1) is 0 Å². The van der Waals surface area contributed by atoms with Crippen molar-refractivity contribution in [2.75, 3.05) is 0 Å². The van der Waals surface area contributed by atoms with Crippen LogP contribution in [-0.4, -0.2) is 8.42 Å². The molecule has 0 aromatic carbocycles. The van der Waals surface area contributed by atoms with Crippen LogP contribution in [0.1, 0.15) is 90.4 Å². The lowest BCUT2D eigenvalue weighted by Gasteiger charge is -2.06. The first-order chi connectivity index (χ1) is 11.0. The van der Waals surface area contributed by atoms with Crippen LogP contribution in [-0.2, 0) is 10.2 Å². The molecule has 0 rings (SSSR count). The zero-order chi connectivity index (χ0) is 17.4. The molecule has 0 heterocycles. The minimum atomic E-state index is -3.65. The highest BCUT2D eigenvalue weighted by atomic mass is 32.2. The van der Waals surface area contributed by atoms with Gasteiger partial charge in [-0.25, -0.2) is 5.14 Å². The molecule has 0 bridgehead atoms. The number of rotatable bonds is 16. The minimum absolute atomic E-state index is 0.478. The maximum absolute atomic E-state index is 10.8. The fourth-order valence-electron chi connectivity index (χ4n) is 2.48. The van der Waals surface area contributed by atoms with Gasteiger partial charge in [-0.3, -0.25) is 4.72 Å². The lowest BCUT2D eigenvalue weighted by Crippen LogP contribution is -2.29. The van der Waals surface area contributed by atoms with E-state index in [1.807, 2.05) is 0 Å². The summed E-state index contributed by atoms with van der Waals surface area (Å²) in [6, 6.07) is 0. The lowest BCUT2D eigenvalue weighted by molar-refractivity contribution is 0.585. The second-order valence-electron chi connectivity index (χ2n) is 6.23. The molecule has 0 fully saturated rings. The van der Waals surface area contributed by atoms with Crippen molar-refractivity contribution in [2.24, 2.45) is 5.14 Å². The standard InChI is InChI=1S/C18H36N2O2S/c1-3-4-5-6-7-8-9-10-11-12-13-14-15-16-17-18(2)20-23(19,21)22/h10-11,20H,2-9,12-17H2,1H3,(H2,19,21,22)/b11-10-. The maximum atomic E-state index is 10.8. The number of nitrogens with two attached hydrogens (primary N) is 1. The van der Waals surface area contributed by atoms with E-state index in [4.69, 9.17) is 5.14 Å². The first-order valence-corrected chi connectivity index (χ1v) is 10.6. The third-order valence-electron chi connectivity index (χ3n) is 3.78. The Labute approximate surface area is 143 Å². The van der Waals surface area contributed by atoms with E-state index in [9.17, 15) is 8.42 Å². The Morgan fingerprint density at radius 3 is 1.91 bits per heavy atom. The van der Waals surface area contributed by atoms with Gasteiger partial charge in [-0.15, -0.1) is 0 Å². The third kappa shape index (κ3) is 19.1. The van der Waals surface area contributed by atoms with Gasteiger partial charge >= 0.3 is 0 Å². The van der Waals surface area contributed by atoms with Gasteiger partial charge in [0.15, 0.2) is 0 Å². The van der Waals surface area contributed by atoms with Crippen molar-refractivity contribution in [1.29, 1.82) is 0 Å². The van der Waals surface area contributed by atoms with Gasteiger partial charge in [0.2, 0.25) is 0 Å². The van der Waals surface area contributed by atoms with Crippen LogP contribution in [0.3, 0.4) is 0 Å². The van der Waals surface area contributed by atoms with Gasteiger partial charge in [0.25, 0.3) is 10.2 Å². The molecule has 4 nitrogen and oxygen atoms in total. The summed E-state index contributed by atoms with van der Waals surface area (Å²) < 4.78 is 23.8. The SMILES string of the molecule is C=C(CCCCCC/C=C\CCCCCCCC)NS(N)(=O)=O. The second kappa shape index (κ2) is 14.8. The normalized spacial score (nSPS) is 11.9. The molecule has 3 N–H and O–H groups in total. The quantitative estimate of drug-likeness (QED) is 0.307. The van der Waals surface area contributed by atoms with Gasteiger partial charge in [0, 0.05) is 5.70 Å². The smallest absolute Gasteiger partial charge is 0.276 e. The van der Waals surface area contributed by atoms with E-state index in [0.717, 1.165) is 19.3 Å². The van der Waals surface area contributed by atoms with Crippen molar-refractivity contribution in [1.82, 2.24) is 4.72 Å². The number of unbranched alkanes of at least 4 members (excludes halogenated alkanes) is 10. The highest BCUT2D eigenvalue weighted by Gasteiger charge is 2.02. The summed E-state index contributed by atoms with van der Waals surface area (Å²) in [5.41, 5.74) is 0.478. The largest absolute Gasteiger partial charge is 0.296 e. The summed E-state index contributed by atoms with van der Waals surface area (Å²) in [5, 5.41) is 4.88. The predicted octanol–water partition coefficient (Wildman–Crippen LogP) is 4.94. The predicted molar refractivity (Wildman–Crippen MR) is 100 cm³/mol. The van der Waals surface area contributed by atoms with Crippen molar-refractivity contribution in [3.63, 3.8) is 0 Å². The van der Waals surface area contributed by atoms with E-state index in [-0.39, 0.29) is 0 Å². The second-order valence-corrected chi connectivity index (χ2v) is 7.53. The summed E-state index contributed by atoms with van der Waals surface area (Å²) in [7, 11) is -3.65. The van der Waals surface area contributed by atoms with E-state index in [2.05, 4.69) is 30.4 Å². The maximum Gasteiger partial charge on any atom is 0.296 e. The molecule has 0 aliphatic carbocycles. The summed E-state index contributed by atoms with van der Waals surface area (Å²) in [6.45, 7) is 5.91. The number of hydrogen-bond acceptors (Lipinski definition) is 2. The van der Waals surface area contributed by atoms with E-state index >= 15 is 0 Å². The molecule has 23 heavy (non-hydrogen) atoms. The van der Waals surface area contributed by atoms with E-state index < -0.39 is 10.2 Å². The van der Waals surface area contributed by atoms with Gasteiger partial charge < -0.3 is 0 Å². The van der Waals surface area contributed by atoms with Crippen molar-refractivity contribution in [2.45, 2.75) is 90.4 Å². The van der Waals surface area contributed by atoms with Crippen LogP contribution in [0.15, 0.2) is 24.4 Å². The lowest BCUT2D eigenvalue weighted by atomic mass is 10.1. The Kier molecular flexibility index (Phi) is 14.2. The summed E-state index contributed by atoms with van der Waals surface area (Å²) in [6.07, 6.45) is 20.2. The molecule has 0 spiro atoms. The van der Waals surface area contributed by atoms with Gasteiger partial charge in [-0.1, -0.05) is 70.6 Å². The van der Waals surface area contributed by atoms with Gasteiger partial charge in [0.1, 0.15) is 0 Å². The number of nitrogens with one attached hydrogen (secondary N) is 1. The molecule has 136 valence electrons. The topological polar surface area (TPSA) is 72.2 Å². The average Bonchev–Trinajstić information content (AvgIpc) is 2.46. The zero-order valence-electron chi connectivity index (χ0n) is 14.9. The van der Waals surface area contributed by atoms with Crippen LogP contribution in [0.25, 0.3) is 0 Å². The molecule has 0 unspecified atom stereocenters. The van der Waals surface area contributed by atoms with E-state index in [1.54, 1.807) is 0 Å². The highest BCUT2D eigenvalue weighted by molar-refractivity contribution is 7.87. The minimum Gasteiger partial charge on any atom is -0.276 e. The van der Waals surface area contributed by atoms with Gasteiger partial charge in [-0.05, 0) is 38.5 Å². The third-order valence-corrected chi connectivity index (χ3v) is 4.35. The molecule has 0 radical (unpaired) electrons. The van der Waals surface area contributed by atoms with Crippen molar-refractivity contribution < 1.29 is 8.42 Å². The van der Waals surface area contributed by atoms with Crippen molar-refractivity contribution >= 4 is 10.2 Å². The Morgan fingerprint density at radius 1 is 0.913 bits per heavy atom. The van der Waals surface area contributed by atoms with Crippen molar-refractivity contribution in [3.05, 3.63) is 24.4 Å². The van der Waals surface area contributed by atoms with Crippen LogP contribution >= 0.6 is 0 Å². The fraction of sp³-hybridized carbons (Fsp3) is 0.778. The highest BCUT2D eigenvalue weighted by Crippen LogP contribution is 2.10.